The Hall–Kier alpha value is -2.03. The molecule has 0 aromatic rings. The number of carboxylic acid groups (broad SMARTS) is 1. The van der Waals surface area contributed by atoms with Gasteiger partial charge in [-0.1, -0.05) is 33.1 Å². The van der Waals surface area contributed by atoms with Gasteiger partial charge in [-0.25, -0.2) is 0 Å². The molecule has 2 N–H and O–H groups in total. The van der Waals surface area contributed by atoms with Gasteiger partial charge < -0.3 is 15.3 Å². The van der Waals surface area contributed by atoms with Crippen molar-refractivity contribution in [2.75, 3.05) is 19.6 Å². The van der Waals surface area contributed by atoms with Crippen LogP contribution in [0.25, 0.3) is 0 Å². The van der Waals surface area contributed by atoms with Crippen LogP contribution in [0.4, 0.5) is 0 Å². The van der Waals surface area contributed by atoms with E-state index in [-0.39, 0.29) is 17.9 Å². The predicted octanol–water partition coefficient (Wildman–Crippen LogP) is 3.06. The van der Waals surface area contributed by atoms with Crippen LogP contribution in [0.15, 0.2) is 11.8 Å². The number of rotatable bonds is 14. The quantitative estimate of drug-likeness (QED) is 0.289. The van der Waals surface area contributed by atoms with Crippen LogP contribution in [-0.4, -0.2) is 41.5 Å². The topological polar surface area (TPSA) is 93.4 Å². The normalized spacial score (nSPS) is 11.0. The molecular weight excluding hydrogens is 306 g/mol. The Kier molecular flexibility index (Phi) is 13.3. The molecule has 24 heavy (non-hydrogen) atoms. The smallest absolute Gasteiger partial charge is 0.303 e. The molecule has 6 nitrogen and oxygen atoms in total. The average molecular weight is 337 g/mol. The van der Waals surface area contributed by atoms with Crippen molar-refractivity contribution in [2.45, 2.75) is 65.2 Å². The van der Waals surface area contributed by atoms with Crippen molar-refractivity contribution in [1.29, 1.82) is 5.26 Å². The molecule has 0 rings (SSSR count). The molecule has 6 heteroatoms. The van der Waals surface area contributed by atoms with Crippen molar-refractivity contribution >= 4 is 11.9 Å². The van der Waals surface area contributed by atoms with E-state index in [0.29, 0.717) is 19.4 Å². The summed E-state index contributed by atoms with van der Waals surface area (Å²) in [6, 6.07) is 1.98. The molecule has 0 aliphatic carbocycles. The summed E-state index contributed by atoms with van der Waals surface area (Å²) in [5, 5.41) is 20.5. The molecule has 1 amide bonds. The van der Waals surface area contributed by atoms with Crippen molar-refractivity contribution in [2.24, 2.45) is 0 Å². The third kappa shape index (κ3) is 11.5. The summed E-state index contributed by atoms with van der Waals surface area (Å²) in [5.41, 5.74) is 0.132. The fraction of sp³-hybridized carbons (Fsp3) is 0.722. The number of aliphatic carboxylic acids is 1. The number of hydrogen-bond acceptors (Lipinski definition) is 4. The van der Waals surface area contributed by atoms with Crippen LogP contribution in [0.1, 0.15) is 65.2 Å². The third-order valence-electron chi connectivity index (χ3n) is 3.63. The minimum atomic E-state index is -0.798. The van der Waals surface area contributed by atoms with Gasteiger partial charge in [-0.05, 0) is 25.7 Å². The maximum atomic E-state index is 12.1. The standard InChI is InChI=1S/C18H31N3O3/c1-3-5-12-21(13-6-4-2)15-16(14-19)18(24)20-11-9-7-8-10-17(22)23/h15H,3-13H2,1-2H3,(H,20,24)(H,22,23)/b16-15-. The van der Waals surface area contributed by atoms with Gasteiger partial charge >= 0.3 is 5.97 Å². The minimum absolute atomic E-state index is 0.132. The summed E-state index contributed by atoms with van der Waals surface area (Å²) in [6.45, 7) is 6.39. The molecule has 0 radical (unpaired) electrons. The first-order valence-corrected chi connectivity index (χ1v) is 8.91. The molecule has 0 aromatic carbocycles. The second kappa shape index (κ2) is 14.6. The Balaban J connectivity index is 4.36. The zero-order valence-corrected chi connectivity index (χ0v) is 15.0. The fourth-order valence-corrected chi connectivity index (χ4v) is 2.16. The van der Waals surface area contributed by atoms with Crippen LogP contribution in [-0.2, 0) is 9.59 Å². The van der Waals surface area contributed by atoms with E-state index >= 15 is 0 Å². The second-order valence-electron chi connectivity index (χ2n) is 5.86. The van der Waals surface area contributed by atoms with Crippen molar-refractivity contribution in [3.05, 3.63) is 11.8 Å². The lowest BCUT2D eigenvalue weighted by Gasteiger charge is -2.20. The van der Waals surface area contributed by atoms with Crippen molar-refractivity contribution in [1.82, 2.24) is 10.2 Å². The van der Waals surface area contributed by atoms with Gasteiger partial charge in [0.05, 0.1) is 0 Å². The Morgan fingerprint density at radius 3 is 2.21 bits per heavy atom. The minimum Gasteiger partial charge on any atom is -0.481 e. The first kappa shape index (κ1) is 22.0. The molecular formula is C18H31N3O3. The van der Waals surface area contributed by atoms with Crippen LogP contribution in [0.2, 0.25) is 0 Å². The Labute approximate surface area is 145 Å². The van der Waals surface area contributed by atoms with Crippen LogP contribution in [0.5, 0.6) is 0 Å². The maximum Gasteiger partial charge on any atom is 0.303 e. The van der Waals surface area contributed by atoms with E-state index in [1.54, 1.807) is 6.20 Å². The SMILES string of the molecule is CCCCN(/C=C(/C#N)C(=O)NCCCCCC(=O)O)CCCC. The molecule has 0 unspecified atom stereocenters. The van der Waals surface area contributed by atoms with Crippen LogP contribution in [0.3, 0.4) is 0 Å². The molecule has 0 bridgehead atoms. The predicted molar refractivity (Wildman–Crippen MR) is 94.2 cm³/mol. The number of carbonyl (C=O) groups is 2. The van der Waals surface area contributed by atoms with Gasteiger partial charge in [0, 0.05) is 32.3 Å². The molecule has 0 fully saturated rings. The highest BCUT2D eigenvalue weighted by atomic mass is 16.4. The molecule has 0 saturated carbocycles. The molecule has 0 heterocycles. The molecule has 0 saturated heterocycles. The Morgan fingerprint density at radius 2 is 1.71 bits per heavy atom. The molecule has 0 aliphatic rings. The van der Waals surface area contributed by atoms with Crippen molar-refractivity contribution in [3.63, 3.8) is 0 Å². The van der Waals surface area contributed by atoms with Crippen LogP contribution in [0, 0.1) is 11.3 Å². The summed E-state index contributed by atoms with van der Waals surface area (Å²) in [5.74, 6) is -1.15. The number of carbonyl (C=O) groups excluding carboxylic acids is 1. The van der Waals surface area contributed by atoms with E-state index in [9.17, 15) is 14.9 Å². The van der Waals surface area contributed by atoms with E-state index in [1.165, 1.54) is 0 Å². The van der Waals surface area contributed by atoms with E-state index < -0.39 is 5.97 Å². The average Bonchev–Trinajstić information content (AvgIpc) is 2.56. The highest BCUT2D eigenvalue weighted by Gasteiger charge is 2.10. The number of carboxylic acids is 1. The summed E-state index contributed by atoms with van der Waals surface area (Å²) in [4.78, 5) is 24.5. The third-order valence-corrected chi connectivity index (χ3v) is 3.63. The largest absolute Gasteiger partial charge is 0.481 e. The number of nitrogens with zero attached hydrogens (tertiary/aromatic N) is 2. The van der Waals surface area contributed by atoms with E-state index in [4.69, 9.17) is 5.11 Å². The fourth-order valence-electron chi connectivity index (χ4n) is 2.16. The summed E-state index contributed by atoms with van der Waals surface area (Å²) < 4.78 is 0. The van der Waals surface area contributed by atoms with Crippen LogP contribution >= 0.6 is 0 Å². The van der Waals surface area contributed by atoms with Crippen molar-refractivity contribution in [3.8, 4) is 6.07 Å². The van der Waals surface area contributed by atoms with Gasteiger partial charge in [0.1, 0.15) is 11.6 Å². The lowest BCUT2D eigenvalue weighted by atomic mass is 10.2. The van der Waals surface area contributed by atoms with E-state index in [2.05, 4.69) is 24.1 Å². The molecule has 136 valence electrons. The van der Waals surface area contributed by atoms with Crippen LogP contribution < -0.4 is 5.32 Å². The Morgan fingerprint density at radius 1 is 1.08 bits per heavy atom. The van der Waals surface area contributed by atoms with Gasteiger partial charge in [0.25, 0.3) is 5.91 Å². The number of amides is 1. The molecule has 0 aliphatic heterocycles. The maximum absolute atomic E-state index is 12.1. The van der Waals surface area contributed by atoms with E-state index in [0.717, 1.165) is 45.2 Å². The zero-order valence-electron chi connectivity index (χ0n) is 15.0. The van der Waals surface area contributed by atoms with Gasteiger partial charge in [-0.2, -0.15) is 5.26 Å². The molecule has 0 spiro atoms. The number of hydrogen-bond donors (Lipinski definition) is 2. The van der Waals surface area contributed by atoms with Gasteiger partial charge in [0.15, 0.2) is 0 Å². The number of nitriles is 1. The van der Waals surface area contributed by atoms with Gasteiger partial charge in [0.2, 0.25) is 0 Å². The zero-order chi connectivity index (χ0) is 18.2. The summed E-state index contributed by atoms with van der Waals surface area (Å²) >= 11 is 0. The lowest BCUT2D eigenvalue weighted by Crippen LogP contribution is -2.28. The second-order valence-corrected chi connectivity index (χ2v) is 5.86. The monoisotopic (exact) mass is 337 g/mol. The first-order chi connectivity index (χ1) is 11.5. The van der Waals surface area contributed by atoms with Crippen molar-refractivity contribution < 1.29 is 14.7 Å². The number of nitrogens with one attached hydrogen (secondary N) is 1. The Bertz CT molecular complexity index is 433. The molecule has 0 atom stereocenters. The van der Waals surface area contributed by atoms with Gasteiger partial charge in [-0.15, -0.1) is 0 Å². The summed E-state index contributed by atoms with van der Waals surface area (Å²) in [6.07, 6.45) is 8.10. The van der Waals surface area contributed by atoms with Gasteiger partial charge in [-0.3, -0.25) is 9.59 Å². The highest BCUT2D eigenvalue weighted by molar-refractivity contribution is 5.97. The number of unbranched alkanes of at least 4 members (excludes halogenated alkanes) is 4. The van der Waals surface area contributed by atoms with E-state index in [1.807, 2.05) is 6.07 Å². The first-order valence-electron chi connectivity index (χ1n) is 8.91. The molecule has 0 aromatic heterocycles. The lowest BCUT2D eigenvalue weighted by molar-refractivity contribution is -0.137. The highest BCUT2D eigenvalue weighted by Crippen LogP contribution is 2.04. The summed E-state index contributed by atoms with van der Waals surface area (Å²) in [7, 11) is 0.